The number of benzene rings is 1. The standard InChI is InChI=1S/C15H21FO3/c1-10-11(2)15(17)19-13(14(10)16)9-18-8-12-6-4-3-5-7-12/h3-7,10-11,13-15,17H,8-9H2,1-2H3/t10-,11?,13?,14-,15+/m0/s1. The van der Waals surface area contributed by atoms with Crippen LogP contribution in [0.2, 0.25) is 0 Å². The summed E-state index contributed by atoms with van der Waals surface area (Å²) >= 11 is 0. The minimum atomic E-state index is -1.10. The molecular weight excluding hydrogens is 247 g/mol. The number of ether oxygens (including phenoxy) is 2. The molecule has 5 atom stereocenters. The van der Waals surface area contributed by atoms with Gasteiger partial charge in [-0.15, -0.1) is 0 Å². The summed E-state index contributed by atoms with van der Waals surface area (Å²) in [7, 11) is 0. The average molecular weight is 268 g/mol. The number of hydrogen-bond acceptors (Lipinski definition) is 3. The van der Waals surface area contributed by atoms with Gasteiger partial charge in [-0.1, -0.05) is 44.2 Å². The molecule has 106 valence electrons. The number of alkyl halides is 1. The lowest BCUT2D eigenvalue weighted by atomic mass is 9.86. The molecule has 0 saturated carbocycles. The molecule has 0 bridgehead atoms. The van der Waals surface area contributed by atoms with Gasteiger partial charge < -0.3 is 14.6 Å². The summed E-state index contributed by atoms with van der Waals surface area (Å²) in [6.07, 6.45) is -2.70. The molecule has 2 unspecified atom stereocenters. The lowest BCUT2D eigenvalue weighted by molar-refractivity contribution is -0.240. The Morgan fingerprint density at radius 1 is 1.21 bits per heavy atom. The van der Waals surface area contributed by atoms with Gasteiger partial charge in [0.25, 0.3) is 0 Å². The molecule has 0 spiro atoms. The molecule has 1 saturated heterocycles. The minimum absolute atomic E-state index is 0.157. The van der Waals surface area contributed by atoms with Crippen LogP contribution < -0.4 is 0 Å². The van der Waals surface area contributed by atoms with Gasteiger partial charge in [-0.3, -0.25) is 0 Å². The fourth-order valence-electron chi connectivity index (χ4n) is 2.26. The highest BCUT2D eigenvalue weighted by atomic mass is 19.1. The van der Waals surface area contributed by atoms with E-state index < -0.39 is 18.6 Å². The third-order valence-electron chi connectivity index (χ3n) is 3.84. The fraction of sp³-hybridized carbons (Fsp3) is 0.600. The molecule has 0 aliphatic carbocycles. The number of rotatable bonds is 4. The third kappa shape index (κ3) is 3.53. The Kier molecular flexibility index (Phi) is 4.91. The van der Waals surface area contributed by atoms with Crippen LogP contribution in [-0.4, -0.2) is 30.3 Å². The molecule has 1 aromatic rings. The van der Waals surface area contributed by atoms with E-state index in [-0.39, 0.29) is 18.4 Å². The van der Waals surface area contributed by atoms with E-state index >= 15 is 0 Å². The molecular formula is C15H21FO3. The average Bonchev–Trinajstić information content (AvgIpc) is 2.43. The van der Waals surface area contributed by atoms with Crippen LogP contribution in [0.1, 0.15) is 19.4 Å². The SMILES string of the molecule is CC1[C@H](O)OC(COCc2ccccc2)[C@@H](F)[C@H]1C. The zero-order valence-corrected chi connectivity index (χ0v) is 11.3. The van der Waals surface area contributed by atoms with Gasteiger partial charge in [0.1, 0.15) is 12.3 Å². The van der Waals surface area contributed by atoms with Crippen LogP contribution in [0.15, 0.2) is 30.3 Å². The normalized spacial score (nSPS) is 35.3. The lowest BCUT2D eigenvalue weighted by Gasteiger charge is -2.38. The molecule has 1 heterocycles. The summed E-state index contributed by atoms with van der Waals surface area (Å²) in [4.78, 5) is 0. The van der Waals surface area contributed by atoms with Gasteiger partial charge in [-0.2, -0.15) is 0 Å². The molecule has 0 aromatic heterocycles. The van der Waals surface area contributed by atoms with E-state index in [1.165, 1.54) is 0 Å². The number of aliphatic hydroxyl groups excluding tert-OH is 1. The van der Waals surface area contributed by atoms with Crippen molar-refractivity contribution < 1.29 is 19.0 Å². The van der Waals surface area contributed by atoms with E-state index in [0.717, 1.165) is 5.56 Å². The van der Waals surface area contributed by atoms with Crippen molar-refractivity contribution in [3.8, 4) is 0 Å². The van der Waals surface area contributed by atoms with Crippen LogP contribution in [0, 0.1) is 11.8 Å². The molecule has 0 radical (unpaired) electrons. The number of aliphatic hydroxyl groups is 1. The van der Waals surface area contributed by atoms with Crippen molar-refractivity contribution in [2.75, 3.05) is 6.61 Å². The Labute approximate surface area is 113 Å². The highest BCUT2D eigenvalue weighted by molar-refractivity contribution is 5.13. The number of hydrogen-bond donors (Lipinski definition) is 1. The molecule has 2 rings (SSSR count). The Morgan fingerprint density at radius 2 is 1.89 bits per heavy atom. The van der Waals surface area contributed by atoms with Crippen molar-refractivity contribution in [1.29, 1.82) is 0 Å². The molecule has 0 amide bonds. The second-order valence-corrected chi connectivity index (χ2v) is 5.23. The summed E-state index contributed by atoms with van der Waals surface area (Å²) in [5.41, 5.74) is 1.04. The molecule has 1 aliphatic rings. The van der Waals surface area contributed by atoms with Crippen molar-refractivity contribution in [3.05, 3.63) is 35.9 Å². The maximum absolute atomic E-state index is 14.1. The van der Waals surface area contributed by atoms with Gasteiger partial charge in [-0.25, -0.2) is 4.39 Å². The van der Waals surface area contributed by atoms with E-state index in [1.54, 1.807) is 13.8 Å². The van der Waals surface area contributed by atoms with E-state index in [0.29, 0.717) is 6.61 Å². The molecule has 1 fully saturated rings. The largest absolute Gasteiger partial charge is 0.374 e. The Hall–Kier alpha value is -0.970. The summed E-state index contributed by atoms with van der Waals surface area (Å²) in [5.74, 6) is -0.422. The van der Waals surface area contributed by atoms with E-state index in [4.69, 9.17) is 9.47 Å². The predicted molar refractivity (Wildman–Crippen MR) is 70.2 cm³/mol. The second-order valence-electron chi connectivity index (χ2n) is 5.23. The van der Waals surface area contributed by atoms with Crippen molar-refractivity contribution in [1.82, 2.24) is 0 Å². The van der Waals surface area contributed by atoms with E-state index in [9.17, 15) is 9.50 Å². The monoisotopic (exact) mass is 268 g/mol. The highest BCUT2D eigenvalue weighted by Gasteiger charge is 2.41. The first kappa shape index (κ1) is 14.4. The predicted octanol–water partition coefficient (Wildman–Crippen LogP) is 2.53. The van der Waals surface area contributed by atoms with Crippen LogP contribution in [-0.2, 0) is 16.1 Å². The van der Waals surface area contributed by atoms with Gasteiger partial charge in [0.15, 0.2) is 6.29 Å². The summed E-state index contributed by atoms with van der Waals surface area (Å²) in [6.45, 7) is 4.17. The van der Waals surface area contributed by atoms with Crippen molar-refractivity contribution in [2.45, 2.75) is 39.0 Å². The van der Waals surface area contributed by atoms with Crippen LogP contribution in [0.25, 0.3) is 0 Å². The quantitative estimate of drug-likeness (QED) is 0.912. The van der Waals surface area contributed by atoms with Crippen molar-refractivity contribution >= 4 is 0 Å². The van der Waals surface area contributed by atoms with Gasteiger partial charge in [0.05, 0.1) is 13.2 Å². The smallest absolute Gasteiger partial charge is 0.158 e. The lowest BCUT2D eigenvalue weighted by Crippen LogP contribution is -2.49. The van der Waals surface area contributed by atoms with E-state index in [1.807, 2.05) is 30.3 Å². The van der Waals surface area contributed by atoms with Gasteiger partial charge in [-0.05, 0) is 11.5 Å². The summed E-state index contributed by atoms with van der Waals surface area (Å²) < 4.78 is 24.8. The van der Waals surface area contributed by atoms with Crippen LogP contribution in [0.5, 0.6) is 0 Å². The topological polar surface area (TPSA) is 38.7 Å². The fourth-order valence-corrected chi connectivity index (χ4v) is 2.26. The van der Waals surface area contributed by atoms with Gasteiger partial charge >= 0.3 is 0 Å². The van der Waals surface area contributed by atoms with Gasteiger partial charge in [0, 0.05) is 5.92 Å². The van der Waals surface area contributed by atoms with Crippen molar-refractivity contribution in [3.63, 3.8) is 0 Å². The minimum Gasteiger partial charge on any atom is -0.374 e. The summed E-state index contributed by atoms with van der Waals surface area (Å²) in [5, 5.41) is 9.71. The zero-order chi connectivity index (χ0) is 13.8. The van der Waals surface area contributed by atoms with E-state index in [2.05, 4.69) is 0 Å². The molecule has 1 aliphatic heterocycles. The molecule has 1 aromatic carbocycles. The molecule has 19 heavy (non-hydrogen) atoms. The Bertz CT molecular complexity index is 384. The maximum Gasteiger partial charge on any atom is 0.158 e. The first-order valence-electron chi connectivity index (χ1n) is 6.69. The Balaban J connectivity index is 1.82. The highest BCUT2D eigenvalue weighted by Crippen LogP contribution is 2.31. The molecule has 3 nitrogen and oxygen atoms in total. The van der Waals surface area contributed by atoms with Crippen LogP contribution in [0.3, 0.4) is 0 Å². The number of halogens is 1. The van der Waals surface area contributed by atoms with Crippen LogP contribution in [0.4, 0.5) is 4.39 Å². The molecule has 1 N–H and O–H groups in total. The molecule has 4 heteroatoms. The third-order valence-corrected chi connectivity index (χ3v) is 3.84. The summed E-state index contributed by atoms with van der Waals surface area (Å²) in [6, 6.07) is 9.70. The van der Waals surface area contributed by atoms with Gasteiger partial charge in [0.2, 0.25) is 0 Å². The first-order chi connectivity index (χ1) is 9.09. The van der Waals surface area contributed by atoms with Crippen LogP contribution >= 0.6 is 0 Å². The Morgan fingerprint density at radius 3 is 2.58 bits per heavy atom. The zero-order valence-electron chi connectivity index (χ0n) is 11.3. The first-order valence-corrected chi connectivity index (χ1v) is 6.69. The maximum atomic E-state index is 14.1. The second kappa shape index (κ2) is 6.46. The van der Waals surface area contributed by atoms with Crippen molar-refractivity contribution in [2.24, 2.45) is 11.8 Å².